The number of fused-ring (bicyclic) bond motifs is 8. The molecule has 0 fully saturated rings. The van der Waals surface area contributed by atoms with Crippen molar-refractivity contribution in [3.8, 4) is 33.6 Å². The lowest BCUT2D eigenvalue weighted by Gasteiger charge is -2.27. The van der Waals surface area contributed by atoms with Crippen molar-refractivity contribution in [1.29, 1.82) is 0 Å². The van der Waals surface area contributed by atoms with Gasteiger partial charge in [0.1, 0.15) is 28.1 Å². The summed E-state index contributed by atoms with van der Waals surface area (Å²) in [5.74, 6) is 0.854. The molecule has 0 saturated carbocycles. The van der Waals surface area contributed by atoms with E-state index in [1.165, 1.54) is 0 Å². The molecule has 0 N–H and O–H groups in total. The first-order chi connectivity index (χ1) is 27.2. The van der Waals surface area contributed by atoms with E-state index in [1.807, 2.05) is 30.3 Å². The zero-order valence-corrected chi connectivity index (χ0v) is 30.0. The Kier molecular flexibility index (Phi) is 7.04. The summed E-state index contributed by atoms with van der Waals surface area (Å²) >= 11 is 0. The molecule has 4 nitrogen and oxygen atoms in total. The molecule has 11 aromatic rings. The number of para-hydroxylation sites is 2. The van der Waals surface area contributed by atoms with Crippen LogP contribution in [0.4, 0.5) is 17.1 Å². The highest BCUT2D eigenvalue weighted by atomic mass is 16.4. The monoisotopic (exact) mass is 707 g/mol. The third-order valence-electron chi connectivity index (χ3n) is 10.9. The van der Waals surface area contributed by atoms with Crippen LogP contribution in [0.15, 0.2) is 195 Å². The van der Waals surface area contributed by atoms with Gasteiger partial charge in [-0.25, -0.2) is 0 Å². The molecule has 3 heterocycles. The van der Waals surface area contributed by atoms with Crippen molar-refractivity contribution in [2.45, 2.75) is 6.92 Å². The van der Waals surface area contributed by atoms with E-state index in [9.17, 15) is 0 Å². The van der Waals surface area contributed by atoms with E-state index in [4.69, 9.17) is 13.3 Å². The van der Waals surface area contributed by atoms with Gasteiger partial charge in [-0.2, -0.15) is 0 Å². The van der Waals surface area contributed by atoms with Crippen LogP contribution in [0, 0.1) is 6.92 Å². The molecule has 0 bridgehead atoms. The summed E-state index contributed by atoms with van der Waals surface area (Å²) in [7, 11) is 0. The Balaban J connectivity index is 1.28. The highest BCUT2D eigenvalue weighted by molar-refractivity contribution is 6.23. The second-order valence-electron chi connectivity index (χ2n) is 14.0. The number of nitrogens with zero attached hydrogens (tertiary/aromatic N) is 1. The van der Waals surface area contributed by atoms with Crippen molar-refractivity contribution in [3.63, 3.8) is 0 Å². The highest BCUT2D eigenvalue weighted by Crippen LogP contribution is 2.51. The Labute approximate surface area is 317 Å². The second-order valence-corrected chi connectivity index (χ2v) is 14.0. The van der Waals surface area contributed by atoms with E-state index in [2.05, 4.69) is 163 Å². The van der Waals surface area contributed by atoms with E-state index >= 15 is 0 Å². The van der Waals surface area contributed by atoms with Crippen LogP contribution in [0.1, 0.15) is 5.56 Å². The first-order valence-electron chi connectivity index (χ1n) is 18.6. The van der Waals surface area contributed by atoms with Crippen molar-refractivity contribution >= 4 is 71.9 Å². The zero-order chi connectivity index (χ0) is 36.5. The molecule has 0 saturated heterocycles. The van der Waals surface area contributed by atoms with Crippen LogP contribution in [0.25, 0.3) is 88.4 Å². The van der Waals surface area contributed by atoms with E-state index < -0.39 is 0 Å². The largest absolute Gasteiger partial charge is 0.456 e. The van der Waals surface area contributed by atoms with Crippen molar-refractivity contribution in [2.24, 2.45) is 0 Å². The van der Waals surface area contributed by atoms with Crippen LogP contribution in [0.5, 0.6) is 0 Å². The predicted octanol–water partition coefficient (Wildman–Crippen LogP) is 15.0. The molecule has 0 unspecified atom stereocenters. The quantitative estimate of drug-likeness (QED) is 0.173. The van der Waals surface area contributed by atoms with E-state index in [1.54, 1.807) is 0 Å². The Morgan fingerprint density at radius 3 is 1.67 bits per heavy atom. The smallest absolute Gasteiger partial charge is 0.163 e. The summed E-state index contributed by atoms with van der Waals surface area (Å²) in [6, 6.07) is 63.5. The molecule has 4 heteroatoms. The van der Waals surface area contributed by atoms with E-state index in [0.29, 0.717) is 0 Å². The number of aryl methyl sites for hydroxylation is 1. The third-order valence-corrected chi connectivity index (χ3v) is 10.9. The molecular formula is C51H33NO3. The van der Waals surface area contributed by atoms with Gasteiger partial charge in [0.2, 0.25) is 0 Å². The fraction of sp³-hybridized carbons (Fsp3) is 0.0196. The molecule has 55 heavy (non-hydrogen) atoms. The molecule has 0 amide bonds. The van der Waals surface area contributed by atoms with Gasteiger partial charge in [0.25, 0.3) is 0 Å². The SMILES string of the molecule is Cc1c(-c2ccccc2)oc2c1cc(N(c1ccc(-c3ccccc3)c(-c3ccccc3)c1)c1cccc3oc4ccccc4c13)c1oc3ccccc3c12. The lowest BCUT2D eigenvalue weighted by Crippen LogP contribution is -2.11. The zero-order valence-electron chi connectivity index (χ0n) is 30.0. The van der Waals surface area contributed by atoms with Gasteiger partial charge in [-0.05, 0) is 71.6 Å². The van der Waals surface area contributed by atoms with Crippen LogP contribution in [-0.4, -0.2) is 0 Å². The first-order valence-corrected chi connectivity index (χ1v) is 18.6. The van der Waals surface area contributed by atoms with Crippen molar-refractivity contribution < 1.29 is 13.3 Å². The molecule has 260 valence electrons. The average molecular weight is 708 g/mol. The van der Waals surface area contributed by atoms with Crippen LogP contribution < -0.4 is 4.90 Å². The maximum Gasteiger partial charge on any atom is 0.163 e. The fourth-order valence-electron chi connectivity index (χ4n) is 8.32. The lowest BCUT2D eigenvalue weighted by atomic mass is 9.93. The summed E-state index contributed by atoms with van der Waals surface area (Å²) in [6.07, 6.45) is 0. The van der Waals surface area contributed by atoms with Crippen molar-refractivity contribution in [1.82, 2.24) is 0 Å². The maximum absolute atomic E-state index is 6.93. The summed E-state index contributed by atoms with van der Waals surface area (Å²) in [5.41, 5.74) is 13.6. The van der Waals surface area contributed by atoms with E-state index in [-0.39, 0.29) is 0 Å². The molecular weight excluding hydrogens is 675 g/mol. The van der Waals surface area contributed by atoms with Gasteiger partial charge in [-0.3, -0.25) is 0 Å². The summed E-state index contributed by atoms with van der Waals surface area (Å²) < 4.78 is 20.3. The van der Waals surface area contributed by atoms with Gasteiger partial charge < -0.3 is 18.2 Å². The molecule has 3 aromatic heterocycles. The minimum Gasteiger partial charge on any atom is -0.456 e. The Morgan fingerprint density at radius 2 is 0.964 bits per heavy atom. The number of furan rings is 3. The molecule has 0 aliphatic heterocycles. The van der Waals surface area contributed by atoms with Crippen LogP contribution in [-0.2, 0) is 0 Å². The molecule has 0 atom stereocenters. The lowest BCUT2D eigenvalue weighted by molar-refractivity contribution is 0.631. The normalized spacial score (nSPS) is 11.7. The average Bonchev–Trinajstić information content (AvgIpc) is 3.93. The van der Waals surface area contributed by atoms with Crippen molar-refractivity contribution in [3.05, 3.63) is 188 Å². The maximum atomic E-state index is 6.93. The minimum absolute atomic E-state index is 0.750. The predicted molar refractivity (Wildman–Crippen MR) is 226 cm³/mol. The van der Waals surface area contributed by atoms with Gasteiger partial charge in [0.15, 0.2) is 5.58 Å². The summed E-state index contributed by atoms with van der Waals surface area (Å²) in [4.78, 5) is 2.35. The minimum atomic E-state index is 0.750. The van der Waals surface area contributed by atoms with Gasteiger partial charge in [0, 0.05) is 33.0 Å². The molecule has 0 aliphatic carbocycles. The highest BCUT2D eigenvalue weighted by Gasteiger charge is 2.28. The molecule has 11 rings (SSSR count). The first kappa shape index (κ1) is 31.2. The molecule has 0 spiro atoms. The third kappa shape index (κ3) is 4.92. The van der Waals surface area contributed by atoms with Crippen LogP contribution >= 0.6 is 0 Å². The fourth-order valence-corrected chi connectivity index (χ4v) is 8.32. The topological polar surface area (TPSA) is 42.7 Å². The van der Waals surface area contributed by atoms with Gasteiger partial charge >= 0.3 is 0 Å². The van der Waals surface area contributed by atoms with Crippen LogP contribution in [0.3, 0.4) is 0 Å². The summed E-state index contributed by atoms with van der Waals surface area (Å²) in [6.45, 7) is 2.16. The molecule has 0 aliphatic rings. The van der Waals surface area contributed by atoms with Gasteiger partial charge in [0.05, 0.1) is 22.1 Å². The Bertz CT molecular complexity index is 3210. The number of hydrogen-bond donors (Lipinski definition) is 0. The Morgan fingerprint density at radius 1 is 0.382 bits per heavy atom. The van der Waals surface area contributed by atoms with Gasteiger partial charge in [-0.1, -0.05) is 140 Å². The molecule has 0 radical (unpaired) electrons. The Hall–Kier alpha value is -7.30. The van der Waals surface area contributed by atoms with Gasteiger partial charge in [-0.15, -0.1) is 0 Å². The molecule has 8 aromatic carbocycles. The van der Waals surface area contributed by atoms with Crippen molar-refractivity contribution in [2.75, 3.05) is 4.90 Å². The van der Waals surface area contributed by atoms with Crippen LogP contribution in [0.2, 0.25) is 0 Å². The van der Waals surface area contributed by atoms with E-state index in [0.717, 1.165) is 111 Å². The number of anilines is 3. The number of rotatable bonds is 6. The summed E-state index contributed by atoms with van der Waals surface area (Å²) in [5, 5.41) is 5.08. The number of hydrogen-bond acceptors (Lipinski definition) is 4. The number of benzene rings is 8. The standard InChI is InChI=1S/C51H33NO3/c1-32-40-31-43(51-48(39-23-12-14-26-45(39)54-51)50(40)55-49(32)35-20-9-4-10-21-35)52(42-24-15-27-46-47(42)38-22-11-13-25-44(38)53-46)36-28-29-37(33-16-5-2-6-17-33)41(30-36)34-18-7-3-8-19-34/h2-31H,1H3. The second kappa shape index (κ2) is 12.4.